The zero-order valence-electron chi connectivity index (χ0n) is 22.6. The van der Waals surface area contributed by atoms with E-state index in [0.717, 1.165) is 49.2 Å². The van der Waals surface area contributed by atoms with Crippen molar-refractivity contribution in [3.8, 4) is 16.9 Å². The molecule has 0 unspecified atom stereocenters. The average molecular weight is 510 g/mol. The summed E-state index contributed by atoms with van der Waals surface area (Å²) in [6.45, 7) is 6.81. The zero-order valence-corrected chi connectivity index (χ0v) is 22.6. The first-order valence-electron chi connectivity index (χ1n) is 13.4. The molecule has 0 N–H and O–H groups in total. The Morgan fingerprint density at radius 3 is 2.32 bits per heavy atom. The van der Waals surface area contributed by atoms with Crippen LogP contribution in [0.5, 0.6) is 5.75 Å². The first kappa shape index (κ1) is 27.1. The molecule has 2 aliphatic heterocycles. The first-order valence-corrected chi connectivity index (χ1v) is 13.4. The van der Waals surface area contributed by atoms with Crippen molar-refractivity contribution >= 4 is 11.8 Å². The number of likely N-dealkylation sites (N-methyl/N-ethyl adjacent to an activating group) is 1. The highest BCUT2D eigenvalue weighted by atomic mass is 19.1. The second-order valence-electron chi connectivity index (χ2n) is 11.2. The largest absolute Gasteiger partial charge is 0.493 e. The second kappa shape index (κ2) is 11.6. The van der Waals surface area contributed by atoms with Crippen molar-refractivity contribution in [2.45, 2.75) is 51.2 Å². The Bertz CT molecular complexity index is 1070. The van der Waals surface area contributed by atoms with Crippen LogP contribution in [0.3, 0.4) is 0 Å². The van der Waals surface area contributed by atoms with Gasteiger partial charge in [0.2, 0.25) is 5.91 Å². The number of likely N-dealkylation sites (tertiary alicyclic amines) is 2. The Morgan fingerprint density at radius 1 is 1.00 bits per heavy atom. The van der Waals surface area contributed by atoms with E-state index in [1.54, 1.807) is 37.7 Å². The smallest absolute Gasteiger partial charge is 0.255 e. The van der Waals surface area contributed by atoms with Gasteiger partial charge in [-0.1, -0.05) is 30.3 Å². The minimum Gasteiger partial charge on any atom is -0.493 e. The summed E-state index contributed by atoms with van der Waals surface area (Å²) in [5.74, 6) is 1.14. The summed E-state index contributed by atoms with van der Waals surface area (Å²) in [5, 5.41) is 0. The highest BCUT2D eigenvalue weighted by Crippen LogP contribution is 2.30. The predicted octanol–water partition coefficient (Wildman–Crippen LogP) is 4.89. The minimum absolute atomic E-state index is 0.0261. The molecule has 6 nitrogen and oxygen atoms in total. The maximum Gasteiger partial charge on any atom is 0.255 e. The maximum atomic E-state index is 13.9. The molecule has 2 heterocycles. The molecule has 0 bridgehead atoms. The number of nitrogens with zero attached hydrogens (tertiary/aromatic N) is 3. The lowest BCUT2D eigenvalue weighted by Gasteiger charge is -2.34. The number of carbonyl (C=O) groups excluding carboxylic acids is 2. The monoisotopic (exact) mass is 509 g/mol. The van der Waals surface area contributed by atoms with Gasteiger partial charge in [0.05, 0.1) is 6.61 Å². The van der Waals surface area contributed by atoms with Crippen LogP contribution in [0.2, 0.25) is 0 Å². The SMILES string of the molecule is CN(C)C(=O)[C@H]1CCCN1C(=O)c1ccccc1-c1ccc(OCC2CCN(CC(C)(C)F)CC2)cc1. The summed E-state index contributed by atoms with van der Waals surface area (Å²) in [6, 6.07) is 15.1. The number of ether oxygens (including phenoxy) is 1. The number of rotatable bonds is 8. The van der Waals surface area contributed by atoms with Gasteiger partial charge in [-0.3, -0.25) is 9.59 Å². The van der Waals surface area contributed by atoms with Crippen LogP contribution in [0, 0.1) is 5.92 Å². The van der Waals surface area contributed by atoms with E-state index < -0.39 is 11.7 Å². The fourth-order valence-corrected chi connectivity index (χ4v) is 5.43. The summed E-state index contributed by atoms with van der Waals surface area (Å²) in [7, 11) is 3.47. The van der Waals surface area contributed by atoms with Crippen LogP contribution in [-0.2, 0) is 4.79 Å². The van der Waals surface area contributed by atoms with Gasteiger partial charge in [-0.05, 0) is 87.9 Å². The Balaban J connectivity index is 1.38. The van der Waals surface area contributed by atoms with Crippen molar-refractivity contribution in [1.82, 2.24) is 14.7 Å². The van der Waals surface area contributed by atoms with Gasteiger partial charge < -0.3 is 19.4 Å². The number of benzene rings is 2. The predicted molar refractivity (Wildman–Crippen MR) is 144 cm³/mol. The summed E-state index contributed by atoms with van der Waals surface area (Å²) in [4.78, 5) is 31.6. The van der Waals surface area contributed by atoms with Crippen LogP contribution in [0.1, 0.15) is 49.9 Å². The van der Waals surface area contributed by atoms with E-state index in [2.05, 4.69) is 4.90 Å². The molecule has 2 aliphatic rings. The molecule has 2 fully saturated rings. The van der Waals surface area contributed by atoms with Gasteiger partial charge in [0.15, 0.2) is 0 Å². The van der Waals surface area contributed by atoms with Crippen LogP contribution < -0.4 is 4.74 Å². The molecule has 0 aliphatic carbocycles. The molecule has 0 aromatic heterocycles. The van der Waals surface area contributed by atoms with Crippen LogP contribution >= 0.6 is 0 Å². The van der Waals surface area contributed by atoms with E-state index in [4.69, 9.17) is 4.74 Å². The van der Waals surface area contributed by atoms with Crippen LogP contribution in [0.4, 0.5) is 4.39 Å². The lowest BCUT2D eigenvalue weighted by atomic mass is 9.96. The zero-order chi connectivity index (χ0) is 26.6. The van der Waals surface area contributed by atoms with E-state index in [-0.39, 0.29) is 11.8 Å². The molecule has 1 atom stereocenters. The summed E-state index contributed by atoms with van der Waals surface area (Å²) in [5.41, 5.74) is 1.24. The molecule has 4 rings (SSSR count). The van der Waals surface area contributed by atoms with Gasteiger partial charge >= 0.3 is 0 Å². The summed E-state index contributed by atoms with van der Waals surface area (Å²) >= 11 is 0. The van der Waals surface area contributed by atoms with Crippen molar-refractivity contribution < 1.29 is 18.7 Å². The lowest BCUT2D eigenvalue weighted by Crippen LogP contribution is -2.45. The number of halogens is 1. The number of hydrogen-bond acceptors (Lipinski definition) is 4. The van der Waals surface area contributed by atoms with E-state index >= 15 is 0 Å². The van der Waals surface area contributed by atoms with E-state index in [1.807, 2.05) is 48.5 Å². The van der Waals surface area contributed by atoms with E-state index in [1.165, 1.54) is 0 Å². The molecule has 37 heavy (non-hydrogen) atoms. The van der Waals surface area contributed by atoms with Crippen LogP contribution in [-0.4, -0.2) is 85.1 Å². The van der Waals surface area contributed by atoms with Crippen molar-refractivity contribution in [3.63, 3.8) is 0 Å². The molecule has 2 aromatic rings. The quantitative estimate of drug-likeness (QED) is 0.509. The van der Waals surface area contributed by atoms with Gasteiger partial charge in [0.1, 0.15) is 17.5 Å². The third-order valence-electron chi connectivity index (χ3n) is 7.35. The average Bonchev–Trinajstić information content (AvgIpc) is 3.37. The minimum atomic E-state index is -1.16. The number of piperidine rings is 1. The standard InChI is InChI=1S/C30H40FN3O3/c1-30(2,31)21-33-18-15-22(16-19-33)20-37-24-13-11-23(12-14-24)25-8-5-6-9-26(25)28(35)34-17-7-10-27(34)29(36)32(3)4/h5-6,8-9,11-14,22,27H,7,10,15-21H2,1-4H3/t27-/m1/s1. The molecule has 0 saturated carbocycles. The number of carbonyl (C=O) groups is 2. The highest BCUT2D eigenvalue weighted by Gasteiger charge is 2.36. The summed E-state index contributed by atoms with van der Waals surface area (Å²) < 4.78 is 20.0. The number of amides is 2. The molecular weight excluding hydrogens is 469 g/mol. The highest BCUT2D eigenvalue weighted by molar-refractivity contribution is 6.03. The van der Waals surface area contributed by atoms with E-state index in [9.17, 15) is 14.0 Å². The fourth-order valence-electron chi connectivity index (χ4n) is 5.43. The number of hydrogen-bond donors (Lipinski definition) is 0. The molecule has 2 amide bonds. The molecule has 2 saturated heterocycles. The van der Waals surface area contributed by atoms with Gasteiger partial charge in [-0.2, -0.15) is 0 Å². The molecule has 200 valence electrons. The van der Waals surface area contributed by atoms with Crippen LogP contribution in [0.15, 0.2) is 48.5 Å². The summed E-state index contributed by atoms with van der Waals surface area (Å²) in [6.07, 6.45) is 3.55. The third kappa shape index (κ3) is 6.89. The fraction of sp³-hybridized carbons (Fsp3) is 0.533. The van der Waals surface area contributed by atoms with E-state index in [0.29, 0.717) is 37.6 Å². The molecule has 0 spiro atoms. The van der Waals surface area contributed by atoms with Gasteiger partial charge in [0, 0.05) is 32.7 Å². The molecular formula is C30H40FN3O3. The Morgan fingerprint density at radius 2 is 1.68 bits per heavy atom. The van der Waals surface area contributed by atoms with Crippen molar-refractivity contribution in [2.75, 3.05) is 46.9 Å². The van der Waals surface area contributed by atoms with Crippen molar-refractivity contribution in [2.24, 2.45) is 5.92 Å². The molecule has 2 aromatic carbocycles. The maximum absolute atomic E-state index is 13.9. The van der Waals surface area contributed by atoms with Gasteiger partial charge in [-0.15, -0.1) is 0 Å². The van der Waals surface area contributed by atoms with Crippen molar-refractivity contribution in [1.29, 1.82) is 0 Å². The Kier molecular flexibility index (Phi) is 8.53. The normalized spacial score (nSPS) is 19.2. The molecule has 0 radical (unpaired) electrons. The first-order chi connectivity index (χ1) is 17.6. The third-order valence-corrected chi connectivity index (χ3v) is 7.35. The van der Waals surface area contributed by atoms with Crippen molar-refractivity contribution in [3.05, 3.63) is 54.1 Å². The molecule has 7 heteroatoms. The lowest BCUT2D eigenvalue weighted by molar-refractivity contribution is -0.132. The Hall–Kier alpha value is -2.93. The van der Waals surface area contributed by atoms with Gasteiger partial charge in [-0.25, -0.2) is 4.39 Å². The van der Waals surface area contributed by atoms with Gasteiger partial charge in [0.25, 0.3) is 5.91 Å². The number of alkyl halides is 1. The second-order valence-corrected chi connectivity index (χ2v) is 11.2. The van der Waals surface area contributed by atoms with Crippen LogP contribution in [0.25, 0.3) is 11.1 Å². The Labute approximate surface area is 220 Å². The topological polar surface area (TPSA) is 53.1 Å².